The molecule has 0 radical (unpaired) electrons. The van der Waals surface area contributed by atoms with Crippen LogP contribution < -0.4 is 5.73 Å². The second kappa shape index (κ2) is 9.20. The highest BCUT2D eigenvalue weighted by Gasteiger charge is 2.47. The maximum Gasteiger partial charge on any atom is 0.254 e. The lowest BCUT2D eigenvalue weighted by atomic mass is 9.87. The van der Waals surface area contributed by atoms with Gasteiger partial charge in [0, 0.05) is 22.4 Å². The minimum Gasteiger partial charge on any atom is -0.475 e. The maximum atomic E-state index is 15.2. The van der Waals surface area contributed by atoms with Gasteiger partial charge in [0.05, 0.1) is 31.3 Å². The molecule has 32 heavy (non-hydrogen) atoms. The van der Waals surface area contributed by atoms with Crippen LogP contribution in [0, 0.1) is 23.7 Å². The van der Waals surface area contributed by atoms with Gasteiger partial charge >= 0.3 is 0 Å². The van der Waals surface area contributed by atoms with Crippen molar-refractivity contribution in [1.29, 1.82) is 10.7 Å². The molecule has 2 aromatic carbocycles. The summed E-state index contributed by atoms with van der Waals surface area (Å²) in [6, 6.07) is 13.3. The average Bonchev–Trinajstić information content (AvgIpc) is 2.79. The molecule has 1 fully saturated rings. The molecule has 166 valence electrons. The topological polar surface area (TPSA) is 123 Å². The summed E-state index contributed by atoms with van der Waals surface area (Å²) in [5.74, 6) is -0.467. The number of carbonyl (C=O) groups excluding carboxylic acids is 1. The summed E-state index contributed by atoms with van der Waals surface area (Å²) in [6.07, 6.45) is 0. The predicted molar refractivity (Wildman–Crippen MR) is 119 cm³/mol. The van der Waals surface area contributed by atoms with E-state index in [2.05, 4.69) is 0 Å². The fourth-order valence-corrected chi connectivity index (χ4v) is 3.54. The van der Waals surface area contributed by atoms with E-state index in [0.717, 1.165) is 5.56 Å². The lowest BCUT2D eigenvalue weighted by Crippen LogP contribution is -2.58. The number of halogens is 1. The number of hydrogen-bond donors (Lipinski definition) is 3. The Morgan fingerprint density at radius 1 is 1.31 bits per heavy atom. The number of rotatable bonds is 6. The van der Waals surface area contributed by atoms with E-state index in [0.29, 0.717) is 33.5 Å². The number of nitrogens with one attached hydrogen (secondary N) is 1. The van der Waals surface area contributed by atoms with E-state index >= 15 is 4.39 Å². The van der Waals surface area contributed by atoms with Crippen molar-refractivity contribution in [1.82, 2.24) is 4.90 Å². The molecular weight excluding hydrogens is 411 g/mol. The fraction of sp³-hybridized carbons (Fsp3) is 0.292. The van der Waals surface area contributed by atoms with Crippen molar-refractivity contribution in [3.63, 3.8) is 0 Å². The van der Waals surface area contributed by atoms with Gasteiger partial charge < -0.3 is 20.5 Å². The second-order valence-electron chi connectivity index (χ2n) is 7.79. The fourth-order valence-electron chi connectivity index (χ4n) is 3.54. The average molecular weight is 436 g/mol. The van der Waals surface area contributed by atoms with Crippen LogP contribution in [0.1, 0.15) is 39.5 Å². The van der Waals surface area contributed by atoms with Gasteiger partial charge in [0.15, 0.2) is 5.67 Å². The summed E-state index contributed by atoms with van der Waals surface area (Å²) in [6.45, 7) is 3.08. The van der Waals surface area contributed by atoms with E-state index in [4.69, 9.17) is 26.2 Å². The van der Waals surface area contributed by atoms with Crippen molar-refractivity contribution in [3.05, 3.63) is 75.9 Å². The number of aliphatic hydroxyl groups excluding tert-OH is 1. The molecule has 1 saturated heterocycles. The zero-order chi connectivity index (χ0) is 23.5. The number of ether oxygens (including phenoxy) is 1. The Morgan fingerprint density at radius 3 is 2.56 bits per heavy atom. The molecule has 1 heterocycles. The molecule has 1 amide bonds. The molecule has 0 aromatic heterocycles. The monoisotopic (exact) mass is 436 g/mol. The quantitative estimate of drug-likeness (QED) is 0.475. The highest BCUT2D eigenvalue weighted by Crippen LogP contribution is 2.37. The summed E-state index contributed by atoms with van der Waals surface area (Å²) in [7, 11) is 0. The van der Waals surface area contributed by atoms with Crippen LogP contribution in [0.4, 0.5) is 4.39 Å². The number of nitrogens with zero attached hydrogens (tertiary/aromatic N) is 2. The Labute approximate surface area is 186 Å². The lowest BCUT2D eigenvalue weighted by Gasteiger charge is -2.44. The first-order valence-corrected chi connectivity index (χ1v) is 10.1. The van der Waals surface area contributed by atoms with Crippen LogP contribution in [0.25, 0.3) is 5.70 Å². The molecule has 1 aliphatic rings. The minimum atomic E-state index is -1.65. The zero-order valence-corrected chi connectivity index (χ0v) is 18.0. The van der Waals surface area contributed by atoms with E-state index in [1.165, 1.54) is 4.90 Å². The number of aryl methyl sites for hydroxylation is 1. The summed E-state index contributed by atoms with van der Waals surface area (Å²) in [5.41, 5.74) is 7.93. The number of nitrogens with two attached hydrogens (primary N) is 1. The molecule has 3 rings (SSSR count). The van der Waals surface area contributed by atoms with Gasteiger partial charge in [-0.25, -0.2) is 4.39 Å². The smallest absolute Gasteiger partial charge is 0.254 e. The van der Waals surface area contributed by atoms with Crippen molar-refractivity contribution < 1.29 is 19.0 Å². The molecule has 0 bridgehead atoms. The number of benzene rings is 2. The first-order valence-electron chi connectivity index (χ1n) is 10.1. The van der Waals surface area contributed by atoms with Gasteiger partial charge in [-0.3, -0.25) is 10.2 Å². The van der Waals surface area contributed by atoms with Gasteiger partial charge in [0.1, 0.15) is 6.61 Å². The predicted octanol–water partition coefficient (Wildman–Crippen LogP) is 2.86. The summed E-state index contributed by atoms with van der Waals surface area (Å²) in [5, 5.41) is 25.7. The highest BCUT2D eigenvalue weighted by molar-refractivity contribution is 6.00. The largest absolute Gasteiger partial charge is 0.475 e. The van der Waals surface area contributed by atoms with Gasteiger partial charge in [0.2, 0.25) is 5.90 Å². The lowest BCUT2D eigenvalue weighted by molar-refractivity contribution is -0.0231. The number of hydrogen-bond acceptors (Lipinski definition) is 6. The number of alkyl halides is 1. The Balaban J connectivity index is 1.77. The van der Waals surface area contributed by atoms with E-state index in [1.807, 2.05) is 13.0 Å². The molecule has 0 unspecified atom stereocenters. The third-order valence-corrected chi connectivity index (χ3v) is 5.56. The van der Waals surface area contributed by atoms with Crippen LogP contribution in [-0.4, -0.2) is 48.1 Å². The number of amides is 1. The third kappa shape index (κ3) is 4.48. The van der Waals surface area contributed by atoms with E-state index in [-0.39, 0.29) is 38.1 Å². The summed E-state index contributed by atoms with van der Waals surface area (Å²) >= 11 is 0. The first-order chi connectivity index (χ1) is 15.2. The van der Waals surface area contributed by atoms with E-state index in [9.17, 15) is 4.79 Å². The molecule has 0 aliphatic carbocycles. The van der Waals surface area contributed by atoms with Crippen LogP contribution in [0.15, 0.2) is 48.0 Å². The molecule has 0 saturated carbocycles. The van der Waals surface area contributed by atoms with Gasteiger partial charge in [-0.05, 0) is 49.2 Å². The highest BCUT2D eigenvalue weighted by atomic mass is 19.1. The number of carbonyl (C=O) groups is 1. The molecule has 0 spiro atoms. The molecule has 4 N–H and O–H groups in total. The zero-order valence-electron chi connectivity index (χ0n) is 18.0. The molecule has 2 aromatic rings. The SMILES string of the molecule is C/C(C(=N)OCCO)=C(/N)c1cc(C(=O)N2CC(F)(c3ccc(C#N)cc3)C2)ccc1C. The van der Waals surface area contributed by atoms with Gasteiger partial charge in [0.25, 0.3) is 5.91 Å². The van der Waals surface area contributed by atoms with Crippen molar-refractivity contribution in [2.24, 2.45) is 5.73 Å². The number of aliphatic hydroxyl groups is 1. The molecule has 8 heteroatoms. The van der Waals surface area contributed by atoms with Gasteiger partial charge in [-0.1, -0.05) is 18.2 Å². The maximum absolute atomic E-state index is 15.2. The van der Waals surface area contributed by atoms with Crippen LogP contribution in [0.3, 0.4) is 0 Å². The first kappa shape index (κ1) is 23.0. The van der Waals surface area contributed by atoms with E-state index < -0.39 is 5.67 Å². The normalized spacial score (nSPS) is 15.3. The number of nitriles is 1. The Bertz CT molecular complexity index is 1110. The van der Waals surface area contributed by atoms with Crippen molar-refractivity contribution in [3.8, 4) is 6.07 Å². The Hall–Kier alpha value is -3.70. The van der Waals surface area contributed by atoms with Gasteiger partial charge in [-0.15, -0.1) is 0 Å². The van der Waals surface area contributed by atoms with Crippen LogP contribution in [0.5, 0.6) is 0 Å². The molecule has 0 atom stereocenters. The number of likely N-dealkylation sites (tertiary alicyclic amines) is 1. The van der Waals surface area contributed by atoms with Crippen LogP contribution in [0.2, 0.25) is 0 Å². The van der Waals surface area contributed by atoms with Crippen LogP contribution >= 0.6 is 0 Å². The minimum absolute atomic E-state index is 0.0137. The summed E-state index contributed by atoms with van der Waals surface area (Å²) < 4.78 is 20.3. The molecule has 1 aliphatic heterocycles. The van der Waals surface area contributed by atoms with E-state index in [1.54, 1.807) is 49.4 Å². The van der Waals surface area contributed by atoms with Crippen molar-refractivity contribution in [2.75, 3.05) is 26.3 Å². The van der Waals surface area contributed by atoms with Crippen molar-refractivity contribution in [2.45, 2.75) is 19.5 Å². The summed E-state index contributed by atoms with van der Waals surface area (Å²) in [4.78, 5) is 14.4. The van der Waals surface area contributed by atoms with Gasteiger partial charge in [-0.2, -0.15) is 5.26 Å². The standard InChI is InChI=1S/C24H25FN4O3/c1-15-3-6-18(11-20(15)21(27)16(2)22(28)32-10-9-30)23(31)29-13-24(25,14-29)19-7-4-17(12-26)5-8-19/h3-8,11,28,30H,9-10,13-14,27H2,1-2H3/b21-16-,28-22?. The molecule has 7 nitrogen and oxygen atoms in total. The van der Waals surface area contributed by atoms with Crippen LogP contribution in [-0.2, 0) is 10.4 Å². The van der Waals surface area contributed by atoms with Crippen molar-refractivity contribution >= 4 is 17.5 Å². The Morgan fingerprint density at radius 2 is 1.97 bits per heavy atom. The third-order valence-electron chi connectivity index (χ3n) is 5.56. The second-order valence-corrected chi connectivity index (χ2v) is 7.79. The Kier molecular flexibility index (Phi) is 6.61. The molecular formula is C24H25FN4O3.